The van der Waals surface area contributed by atoms with Crippen LogP contribution in [0, 0.1) is 0 Å². The maximum Gasteiger partial charge on any atom is 0.258 e. The van der Waals surface area contributed by atoms with Crippen LogP contribution in [0.1, 0.15) is 0 Å². The first-order valence-electron chi connectivity index (χ1n) is 3.13. The monoisotopic (exact) mass is 160 g/mol. The van der Waals surface area contributed by atoms with Crippen molar-refractivity contribution >= 4 is 11.8 Å². The van der Waals surface area contributed by atoms with Gasteiger partial charge in [0.25, 0.3) is 11.8 Å². The van der Waals surface area contributed by atoms with Crippen LogP contribution < -0.4 is 10.6 Å². The summed E-state index contributed by atoms with van der Waals surface area (Å²) in [5, 5.41) is 4.61. The molecule has 0 aromatic carbocycles. The third-order valence-electron chi connectivity index (χ3n) is 1.20. The average Bonchev–Trinajstić information content (AvgIpc) is 2.05. The van der Waals surface area contributed by atoms with E-state index in [-0.39, 0.29) is 0 Å². The van der Waals surface area contributed by atoms with E-state index in [1.807, 2.05) is 0 Å². The Morgan fingerprint density at radius 2 is 1.55 bits per heavy atom. The standard InChI is InChI=1S/C6H12N2O3/c1-7-5(9)4(11-3)6(10)8-2/h4H,1-3H3,(H,7,9)(H,8,10). The molecule has 0 radical (unpaired) electrons. The normalized spacial score (nSPS) is 9.45. The number of hydrogen-bond acceptors (Lipinski definition) is 3. The van der Waals surface area contributed by atoms with Crippen LogP contribution in [-0.4, -0.2) is 39.1 Å². The van der Waals surface area contributed by atoms with Crippen LogP contribution in [-0.2, 0) is 14.3 Å². The fraction of sp³-hybridized carbons (Fsp3) is 0.667. The minimum atomic E-state index is -1.05. The van der Waals surface area contributed by atoms with E-state index in [9.17, 15) is 9.59 Å². The fourth-order valence-electron chi connectivity index (χ4n) is 0.595. The first-order chi connectivity index (χ1) is 5.17. The quantitative estimate of drug-likeness (QED) is 0.493. The summed E-state index contributed by atoms with van der Waals surface area (Å²) in [4.78, 5) is 21.7. The number of rotatable bonds is 3. The Kier molecular flexibility index (Phi) is 4.21. The highest BCUT2D eigenvalue weighted by atomic mass is 16.5. The Morgan fingerprint density at radius 1 is 1.18 bits per heavy atom. The molecule has 64 valence electrons. The maximum absolute atomic E-state index is 10.8. The molecule has 0 aliphatic rings. The Balaban J connectivity index is 4.15. The van der Waals surface area contributed by atoms with Crippen LogP contribution in [0.15, 0.2) is 0 Å². The summed E-state index contributed by atoms with van der Waals surface area (Å²) >= 11 is 0. The molecule has 11 heavy (non-hydrogen) atoms. The van der Waals surface area contributed by atoms with E-state index in [4.69, 9.17) is 0 Å². The molecule has 5 nitrogen and oxygen atoms in total. The molecule has 0 saturated carbocycles. The summed E-state index contributed by atoms with van der Waals surface area (Å²) in [7, 11) is 4.18. The molecule has 0 aliphatic carbocycles. The SMILES string of the molecule is CNC(=O)C(OC)C(=O)NC. The molecule has 0 fully saturated rings. The van der Waals surface area contributed by atoms with Crippen molar-refractivity contribution in [3.8, 4) is 0 Å². The lowest BCUT2D eigenvalue weighted by molar-refractivity contribution is -0.142. The van der Waals surface area contributed by atoms with Crippen molar-refractivity contribution in [3.63, 3.8) is 0 Å². The van der Waals surface area contributed by atoms with E-state index in [1.165, 1.54) is 21.2 Å². The van der Waals surface area contributed by atoms with Crippen LogP contribution in [0.4, 0.5) is 0 Å². The number of carbonyl (C=O) groups excluding carboxylic acids is 2. The smallest absolute Gasteiger partial charge is 0.258 e. The van der Waals surface area contributed by atoms with E-state index in [0.717, 1.165) is 0 Å². The van der Waals surface area contributed by atoms with Crippen molar-refractivity contribution < 1.29 is 14.3 Å². The summed E-state index contributed by atoms with van der Waals surface area (Å²) in [6.45, 7) is 0. The van der Waals surface area contributed by atoms with Crippen LogP contribution >= 0.6 is 0 Å². The van der Waals surface area contributed by atoms with Crippen molar-refractivity contribution in [2.45, 2.75) is 6.10 Å². The van der Waals surface area contributed by atoms with Gasteiger partial charge in [0.2, 0.25) is 6.10 Å². The number of ether oxygens (including phenoxy) is 1. The molecule has 0 spiro atoms. The number of methoxy groups -OCH3 is 1. The minimum absolute atomic E-state index is 0.452. The van der Waals surface area contributed by atoms with Gasteiger partial charge in [-0.15, -0.1) is 0 Å². The molecular weight excluding hydrogens is 148 g/mol. The molecular formula is C6H12N2O3. The number of amides is 2. The lowest BCUT2D eigenvalue weighted by Crippen LogP contribution is -2.44. The molecule has 5 heteroatoms. The second-order valence-electron chi connectivity index (χ2n) is 1.84. The molecule has 0 aromatic rings. The van der Waals surface area contributed by atoms with Gasteiger partial charge in [-0.2, -0.15) is 0 Å². The predicted octanol–water partition coefficient (Wildman–Crippen LogP) is -1.51. The molecule has 0 rings (SSSR count). The van der Waals surface area contributed by atoms with Crippen molar-refractivity contribution in [2.24, 2.45) is 0 Å². The largest absolute Gasteiger partial charge is 0.362 e. The second kappa shape index (κ2) is 4.68. The van der Waals surface area contributed by atoms with E-state index >= 15 is 0 Å². The van der Waals surface area contributed by atoms with Gasteiger partial charge in [0.15, 0.2) is 0 Å². The highest BCUT2D eigenvalue weighted by Gasteiger charge is 2.23. The summed E-state index contributed by atoms with van der Waals surface area (Å²) in [5.74, 6) is -0.904. The van der Waals surface area contributed by atoms with Gasteiger partial charge >= 0.3 is 0 Å². The maximum atomic E-state index is 10.8. The van der Waals surface area contributed by atoms with Gasteiger partial charge in [-0.3, -0.25) is 9.59 Å². The van der Waals surface area contributed by atoms with Gasteiger partial charge in [-0.05, 0) is 0 Å². The van der Waals surface area contributed by atoms with Gasteiger partial charge in [-0.1, -0.05) is 0 Å². The molecule has 0 heterocycles. The van der Waals surface area contributed by atoms with Crippen molar-refractivity contribution in [3.05, 3.63) is 0 Å². The zero-order valence-corrected chi connectivity index (χ0v) is 6.80. The Labute approximate surface area is 65.1 Å². The summed E-state index contributed by atoms with van der Waals surface area (Å²) in [6.07, 6.45) is -1.05. The Morgan fingerprint density at radius 3 is 1.73 bits per heavy atom. The van der Waals surface area contributed by atoms with Gasteiger partial charge in [0.05, 0.1) is 0 Å². The second-order valence-corrected chi connectivity index (χ2v) is 1.84. The first-order valence-corrected chi connectivity index (χ1v) is 3.13. The summed E-state index contributed by atoms with van der Waals surface area (Å²) in [5.41, 5.74) is 0. The van der Waals surface area contributed by atoms with Crippen molar-refractivity contribution in [1.82, 2.24) is 10.6 Å². The average molecular weight is 160 g/mol. The summed E-state index contributed by atoms with van der Waals surface area (Å²) in [6, 6.07) is 0. The van der Waals surface area contributed by atoms with E-state index in [1.54, 1.807) is 0 Å². The first kappa shape index (κ1) is 9.90. The molecule has 0 atom stereocenters. The molecule has 2 N–H and O–H groups in total. The third-order valence-corrected chi connectivity index (χ3v) is 1.20. The zero-order valence-electron chi connectivity index (χ0n) is 6.80. The highest BCUT2D eigenvalue weighted by molar-refractivity contribution is 6.03. The van der Waals surface area contributed by atoms with E-state index < -0.39 is 17.9 Å². The van der Waals surface area contributed by atoms with Gasteiger partial charge in [0, 0.05) is 21.2 Å². The number of likely N-dealkylation sites (N-methyl/N-ethyl adjacent to an activating group) is 2. The number of nitrogens with one attached hydrogen (secondary N) is 2. The molecule has 0 aromatic heterocycles. The Bertz CT molecular complexity index is 142. The third kappa shape index (κ3) is 2.55. The molecule has 2 amide bonds. The van der Waals surface area contributed by atoms with Gasteiger partial charge < -0.3 is 15.4 Å². The van der Waals surface area contributed by atoms with E-state index in [0.29, 0.717) is 0 Å². The lowest BCUT2D eigenvalue weighted by Gasteiger charge is -2.10. The molecule has 0 unspecified atom stereocenters. The number of carbonyl (C=O) groups is 2. The van der Waals surface area contributed by atoms with Gasteiger partial charge in [0.1, 0.15) is 0 Å². The fourth-order valence-corrected chi connectivity index (χ4v) is 0.595. The van der Waals surface area contributed by atoms with Crippen LogP contribution in [0.25, 0.3) is 0 Å². The van der Waals surface area contributed by atoms with Crippen LogP contribution in [0.2, 0.25) is 0 Å². The van der Waals surface area contributed by atoms with Gasteiger partial charge in [-0.25, -0.2) is 0 Å². The lowest BCUT2D eigenvalue weighted by atomic mass is 10.3. The van der Waals surface area contributed by atoms with Crippen molar-refractivity contribution in [2.75, 3.05) is 21.2 Å². The highest BCUT2D eigenvalue weighted by Crippen LogP contribution is 1.88. The zero-order chi connectivity index (χ0) is 8.85. The topological polar surface area (TPSA) is 67.4 Å². The van der Waals surface area contributed by atoms with Crippen LogP contribution in [0.3, 0.4) is 0 Å². The molecule has 0 aliphatic heterocycles. The Hall–Kier alpha value is -1.10. The van der Waals surface area contributed by atoms with Crippen LogP contribution in [0.5, 0.6) is 0 Å². The van der Waals surface area contributed by atoms with Crippen molar-refractivity contribution in [1.29, 1.82) is 0 Å². The molecule has 0 saturated heterocycles. The number of hydrogen-bond donors (Lipinski definition) is 2. The predicted molar refractivity (Wildman–Crippen MR) is 38.9 cm³/mol. The minimum Gasteiger partial charge on any atom is -0.362 e. The molecule has 0 bridgehead atoms. The summed E-state index contributed by atoms with van der Waals surface area (Å²) < 4.78 is 4.63. The van der Waals surface area contributed by atoms with E-state index in [2.05, 4.69) is 15.4 Å².